The first-order valence-electron chi connectivity index (χ1n) is 6.59. The van der Waals surface area contributed by atoms with Crippen LogP contribution in [0.5, 0.6) is 0 Å². The Hall–Kier alpha value is -2.43. The van der Waals surface area contributed by atoms with Crippen LogP contribution in [-0.2, 0) is 0 Å². The molecule has 3 aromatic rings. The topological polar surface area (TPSA) is 70.2 Å². The second-order valence-corrected chi connectivity index (χ2v) is 5.00. The van der Waals surface area contributed by atoms with Gasteiger partial charge in [-0.2, -0.15) is 0 Å². The molecule has 0 aromatic carbocycles. The van der Waals surface area contributed by atoms with E-state index in [1.165, 1.54) is 0 Å². The molecule has 0 aliphatic heterocycles. The van der Waals surface area contributed by atoms with Gasteiger partial charge in [0.15, 0.2) is 11.6 Å². The minimum atomic E-state index is 0.793. The standard InChI is InChI=1S/C15H17N5/c1-8-9(2)17-14(16-8)12-6-5-7-13(20-12)15-18-10(3)11(4)19-15/h5-7H,1-4H3,(H,16,17)(H,18,19). The Morgan fingerprint density at radius 1 is 0.700 bits per heavy atom. The summed E-state index contributed by atoms with van der Waals surface area (Å²) in [6.45, 7) is 7.99. The van der Waals surface area contributed by atoms with Crippen molar-refractivity contribution in [2.75, 3.05) is 0 Å². The van der Waals surface area contributed by atoms with Crippen molar-refractivity contribution < 1.29 is 0 Å². The summed E-state index contributed by atoms with van der Waals surface area (Å²) >= 11 is 0. The Labute approximate surface area is 117 Å². The Balaban J connectivity index is 2.05. The highest BCUT2D eigenvalue weighted by atomic mass is 15.0. The molecule has 0 saturated carbocycles. The van der Waals surface area contributed by atoms with E-state index in [9.17, 15) is 0 Å². The molecule has 0 radical (unpaired) electrons. The Morgan fingerprint density at radius 2 is 1.15 bits per heavy atom. The first-order chi connectivity index (χ1) is 9.54. The number of rotatable bonds is 2. The highest BCUT2D eigenvalue weighted by Crippen LogP contribution is 2.20. The molecule has 0 unspecified atom stereocenters. The summed E-state index contributed by atoms with van der Waals surface area (Å²) in [7, 11) is 0. The quantitative estimate of drug-likeness (QED) is 0.749. The SMILES string of the molecule is Cc1nc(-c2cccc(-c3nc(C)c(C)[nH]3)n2)[nH]c1C. The first-order valence-corrected chi connectivity index (χ1v) is 6.59. The molecule has 3 aromatic heterocycles. The molecule has 3 heterocycles. The van der Waals surface area contributed by atoms with Gasteiger partial charge in [0.25, 0.3) is 0 Å². The van der Waals surface area contributed by atoms with E-state index in [-0.39, 0.29) is 0 Å². The summed E-state index contributed by atoms with van der Waals surface area (Å²) in [4.78, 5) is 20.1. The molecule has 0 fully saturated rings. The van der Waals surface area contributed by atoms with E-state index >= 15 is 0 Å². The fourth-order valence-electron chi connectivity index (χ4n) is 2.04. The third-order valence-electron chi connectivity index (χ3n) is 3.49. The molecule has 3 rings (SSSR count). The lowest BCUT2D eigenvalue weighted by atomic mass is 10.3. The second-order valence-electron chi connectivity index (χ2n) is 5.00. The maximum atomic E-state index is 4.63. The highest BCUT2D eigenvalue weighted by Gasteiger charge is 2.10. The Morgan fingerprint density at radius 3 is 1.50 bits per heavy atom. The van der Waals surface area contributed by atoms with Gasteiger partial charge in [-0.15, -0.1) is 0 Å². The van der Waals surface area contributed by atoms with Crippen LogP contribution in [0.3, 0.4) is 0 Å². The van der Waals surface area contributed by atoms with Crippen molar-refractivity contribution >= 4 is 0 Å². The number of hydrogen-bond donors (Lipinski definition) is 2. The largest absolute Gasteiger partial charge is 0.341 e. The third kappa shape index (κ3) is 2.11. The van der Waals surface area contributed by atoms with E-state index in [2.05, 4.69) is 24.9 Å². The molecule has 2 N–H and O–H groups in total. The number of imidazole rings is 2. The van der Waals surface area contributed by atoms with Gasteiger partial charge in [0.1, 0.15) is 11.4 Å². The van der Waals surface area contributed by atoms with Crippen molar-refractivity contribution in [3.05, 3.63) is 41.0 Å². The van der Waals surface area contributed by atoms with Gasteiger partial charge in [-0.05, 0) is 39.8 Å². The van der Waals surface area contributed by atoms with Gasteiger partial charge >= 0.3 is 0 Å². The van der Waals surface area contributed by atoms with Crippen LogP contribution in [0, 0.1) is 27.7 Å². The zero-order valence-corrected chi connectivity index (χ0v) is 12.1. The van der Waals surface area contributed by atoms with E-state index in [1.807, 2.05) is 45.9 Å². The van der Waals surface area contributed by atoms with Crippen LogP contribution in [-0.4, -0.2) is 24.9 Å². The molecule has 0 aliphatic rings. The van der Waals surface area contributed by atoms with Crippen LogP contribution in [0.2, 0.25) is 0 Å². The molecule has 0 atom stereocenters. The molecule has 5 nitrogen and oxygen atoms in total. The Kier molecular flexibility index (Phi) is 2.89. The normalized spacial score (nSPS) is 11.0. The van der Waals surface area contributed by atoms with Crippen LogP contribution < -0.4 is 0 Å². The Bertz CT molecular complexity index is 666. The second kappa shape index (κ2) is 4.59. The lowest BCUT2D eigenvalue weighted by molar-refractivity contribution is 1.17. The lowest BCUT2D eigenvalue weighted by Gasteiger charge is -2.00. The molecular weight excluding hydrogens is 250 g/mol. The van der Waals surface area contributed by atoms with Crippen LogP contribution >= 0.6 is 0 Å². The van der Waals surface area contributed by atoms with E-state index < -0.39 is 0 Å². The average molecular weight is 267 g/mol. The molecule has 102 valence electrons. The minimum absolute atomic E-state index is 0.793. The van der Waals surface area contributed by atoms with Gasteiger partial charge < -0.3 is 9.97 Å². The summed E-state index contributed by atoms with van der Waals surface area (Å²) in [6.07, 6.45) is 0. The summed E-state index contributed by atoms with van der Waals surface area (Å²) in [5.41, 5.74) is 5.78. The van der Waals surface area contributed by atoms with E-state index in [1.54, 1.807) is 0 Å². The zero-order valence-electron chi connectivity index (χ0n) is 12.1. The molecule has 0 aliphatic carbocycles. The number of aryl methyl sites for hydroxylation is 4. The van der Waals surface area contributed by atoms with Crippen molar-refractivity contribution in [2.24, 2.45) is 0 Å². The molecule has 0 bridgehead atoms. The molecular formula is C15H17N5. The van der Waals surface area contributed by atoms with Crippen LogP contribution in [0.25, 0.3) is 23.0 Å². The maximum Gasteiger partial charge on any atom is 0.156 e. The van der Waals surface area contributed by atoms with Crippen molar-refractivity contribution in [1.82, 2.24) is 24.9 Å². The highest BCUT2D eigenvalue weighted by molar-refractivity contribution is 5.58. The summed E-state index contributed by atoms with van der Waals surface area (Å²) < 4.78 is 0. The van der Waals surface area contributed by atoms with Crippen LogP contribution in [0.4, 0.5) is 0 Å². The zero-order chi connectivity index (χ0) is 14.3. The average Bonchev–Trinajstić information content (AvgIpc) is 2.94. The van der Waals surface area contributed by atoms with E-state index in [0.29, 0.717) is 0 Å². The monoisotopic (exact) mass is 267 g/mol. The van der Waals surface area contributed by atoms with Crippen LogP contribution in [0.1, 0.15) is 22.8 Å². The summed E-state index contributed by atoms with van der Waals surface area (Å²) in [5.74, 6) is 1.59. The van der Waals surface area contributed by atoms with Gasteiger partial charge in [-0.1, -0.05) is 6.07 Å². The predicted molar refractivity (Wildman–Crippen MR) is 78.3 cm³/mol. The smallest absolute Gasteiger partial charge is 0.156 e. The lowest BCUT2D eigenvalue weighted by Crippen LogP contribution is -1.91. The van der Waals surface area contributed by atoms with E-state index in [0.717, 1.165) is 45.8 Å². The van der Waals surface area contributed by atoms with Crippen molar-refractivity contribution in [3.8, 4) is 23.0 Å². The number of hydrogen-bond acceptors (Lipinski definition) is 3. The fourth-order valence-corrected chi connectivity index (χ4v) is 2.04. The summed E-state index contributed by atoms with van der Waals surface area (Å²) in [5, 5.41) is 0. The number of nitrogens with zero attached hydrogens (tertiary/aromatic N) is 3. The number of aromatic amines is 2. The van der Waals surface area contributed by atoms with Gasteiger partial charge in [0.2, 0.25) is 0 Å². The molecule has 20 heavy (non-hydrogen) atoms. The van der Waals surface area contributed by atoms with Crippen molar-refractivity contribution in [2.45, 2.75) is 27.7 Å². The van der Waals surface area contributed by atoms with Gasteiger partial charge in [-0.25, -0.2) is 15.0 Å². The van der Waals surface area contributed by atoms with Gasteiger partial charge in [0.05, 0.1) is 11.4 Å². The molecule has 0 saturated heterocycles. The van der Waals surface area contributed by atoms with E-state index in [4.69, 9.17) is 0 Å². The number of nitrogens with one attached hydrogen (secondary N) is 2. The van der Waals surface area contributed by atoms with Crippen LogP contribution in [0.15, 0.2) is 18.2 Å². The van der Waals surface area contributed by atoms with Crippen molar-refractivity contribution in [3.63, 3.8) is 0 Å². The number of pyridine rings is 1. The van der Waals surface area contributed by atoms with Gasteiger partial charge in [0, 0.05) is 11.4 Å². The summed E-state index contributed by atoms with van der Waals surface area (Å²) in [6, 6.07) is 5.87. The molecule has 5 heteroatoms. The number of H-pyrrole nitrogens is 2. The predicted octanol–water partition coefficient (Wildman–Crippen LogP) is 3.10. The van der Waals surface area contributed by atoms with Crippen molar-refractivity contribution in [1.29, 1.82) is 0 Å². The fraction of sp³-hybridized carbons (Fsp3) is 0.267. The minimum Gasteiger partial charge on any atom is -0.341 e. The van der Waals surface area contributed by atoms with Gasteiger partial charge in [-0.3, -0.25) is 0 Å². The number of aromatic nitrogens is 5. The maximum absolute atomic E-state index is 4.63. The third-order valence-corrected chi connectivity index (χ3v) is 3.49. The molecule has 0 spiro atoms. The molecule has 0 amide bonds. The first kappa shape index (κ1) is 12.6.